The minimum atomic E-state index is -1.84. The molecule has 0 radical (unpaired) electrons. The van der Waals surface area contributed by atoms with Crippen LogP contribution in [0.3, 0.4) is 0 Å². The van der Waals surface area contributed by atoms with Gasteiger partial charge in [0.1, 0.15) is 36.3 Å². The van der Waals surface area contributed by atoms with Crippen molar-refractivity contribution in [3.8, 4) is 0 Å². The van der Waals surface area contributed by atoms with Gasteiger partial charge in [-0.2, -0.15) is 17.6 Å². The molecule has 0 saturated carbocycles. The molecule has 7 rings (SSSR count). The van der Waals surface area contributed by atoms with E-state index in [2.05, 4.69) is 67.0 Å². The number of aliphatic hydroxyl groups excluding tert-OH is 1. The molecule has 23 heteroatoms. The molecule has 0 aromatic carbocycles. The van der Waals surface area contributed by atoms with Crippen LogP contribution >= 0.6 is 52.3 Å². The maximum Gasteiger partial charge on any atom is 0.280 e. The van der Waals surface area contributed by atoms with Gasteiger partial charge in [-0.25, -0.2) is 19.9 Å². The van der Waals surface area contributed by atoms with Crippen LogP contribution in [0, 0.1) is 5.92 Å². The number of nitrogens with zero attached hydrogens (tertiary/aromatic N) is 7. The number of fused-ring (bicyclic) bond motifs is 5. The summed E-state index contributed by atoms with van der Waals surface area (Å²) in [4.78, 5) is 35.9. The van der Waals surface area contributed by atoms with Crippen molar-refractivity contribution in [3.05, 3.63) is 29.3 Å². The third-order valence-electron chi connectivity index (χ3n) is 7.77. The first kappa shape index (κ1) is 31.7. The van der Waals surface area contributed by atoms with E-state index in [-0.39, 0.29) is 42.1 Å². The predicted molar refractivity (Wildman–Crippen MR) is 172 cm³/mol. The summed E-state index contributed by atoms with van der Waals surface area (Å²) in [5, 5.41) is 11.4. The summed E-state index contributed by atoms with van der Waals surface area (Å²) in [6, 6.07) is 0. The maximum atomic E-state index is 12.5. The molecule has 2 bridgehead atoms. The topological polar surface area (TPSA) is 235 Å². The summed E-state index contributed by atoms with van der Waals surface area (Å²) in [5.41, 5.74) is 12.4. The van der Waals surface area contributed by atoms with Crippen molar-refractivity contribution in [3.63, 3.8) is 0 Å². The first-order valence-corrected chi connectivity index (χ1v) is 18.9. The fraction of sp³-hybridized carbons (Fsp3) is 0.545. The van der Waals surface area contributed by atoms with Gasteiger partial charge in [0, 0.05) is 5.92 Å². The van der Waals surface area contributed by atoms with Crippen molar-refractivity contribution in [1.82, 2.24) is 39.0 Å². The van der Waals surface area contributed by atoms with E-state index in [1.807, 2.05) is 0 Å². The fourth-order valence-electron chi connectivity index (χ4n) is 5.74. The maximum absolute atomic E-state index is 12.5. The van der Waals surface area contributed by atoms with Crippen molar-refractivity contribution in [1.29, 1.82) is 0 Å². The number of H-pyrrole nitrogens is 1. The monoisotopic (exact) mass is 718 g/mol. The molecule has 10 atom stereocenters. The van der Waals surface area contributed by atoms with Gasteiger partial charge in [0.05, 0.1) is 32.0 Å². The second kappa shape index (κ2) is 13.0. The van der Waals surface area contributed by atoms with Gasteiger partial charge >= 0.3 is 0 Å². The Hall–Kier alpha value is -1.87. The molecule has 4 aromatic rings. The van der Waals surface area contributed by atoms with Crippen molar-refractivity contribution in [2.75, 3.05) is 30.4 Å². The van der Waals surface area contributed by atoms with Gasteiger partial charge in [0.25, 0.3) is 5.56 Å². The van der Waals surface area contributed by atoms with Crippen LogP contribution in [0.1, 0.15) is 18.9 Å². The van der Waals surface area contributed by atoms with Gasteiger partial charge in [-0.1, -0.05) is 24.5 Å². The number of aromatic amines is 1. The van der Waals surface area contributed by atoms with E-state index in [9.17, 15) is 9.90 Å². The van der Waals surface area contributed by atoms with Crippen LogP contribution in [0.25, 0.3) is 22.3 Å². The molecule has 3 aliphatic heterocycles. The highest BCUT2D eigenvalue weighted by atomic mass is 32.7. The molecule has 242 valence electrons. The van der Waals surface area contributed by atoms with Gasteiger partial charge in [0.2, 0.25) is 21.1 Å². The Kier molecular flexibility index (Phi) is 9.14. The number of anilines is 2. The number of ether oxygens (including phenoxy) is 2. The third-order valence-corrected chi connectivity index (χ3v) is 10.9. The second-order valence-corrected chi connectivity index (χ2v) is 14.7. The third kappa shape index (κ3) is 5.91. The summed E-state index contributed by atoms with van der Waals surface area (Å²) < 4.78 is 40.5. The number of hydrogen-bond acceptors (Lipinski definition) is 18. The molecule has 7 heterocycles. The van der Waals surface area contributed by atoms with Crippen molar-refractivity contribution in [2.45, 2.75) is 49.4 Å². The van der Waals surface area contributed by atoms with E-state index in [1.54, 1.807) is 9.13 Å². The van der Waals surface area contributed by atoms with Crippen LogP contribution in [0.5, 0.6) is 0 Å². The summed E-state index contributed by atoms with van der Waals surface area (Å²) in [6.07, 6.45) is -0.949. The predicted octanol–water partition coefficient (Wildman–Crippen LogP) is 1.35. The first-order valence-electron chi connectivity index (χ1n) is 13.6. The number of imidazole rings is 2. The molecule has 45 heavy (non-hydrogen) atoms. The lowest BCUT2D eigenvalue weighted by Gasteiger charge is -2.27. The Balaban J connectivity index is 1.17. The zero-order chi connectivity index (χ0) is 31.4. The molecule has 10 unspecified atom stereocenters. The molecule has 0 spiro atoms. The van der Waals surface area contributed by atoms with Crippen molar-refractivity contribution in [2.24, 2.45) is 5.92 Å². The van der Waals surface area contributed by atoms with Crippen molar-refractivity contribution < 1.29 is 32.7 Å². The molecule has 0 aliphatic carbocycles. The molecule has 3 aliphatic rings. The number of hydrogen-bond donors (Lipinski definition) is 7. The first-order chi connectivity index (χ1) is 21.7. The zero-order valence-electron chi connectivity index (χ0n) is 23.0. The zero-order valence-corrected chi connectivity index (χ0v) is 27.5. The number of aromatic nitrogens is 8. The lowest BCUT2D eigenvalue weighted by Crippen LogP contribution is -2.35. The van der Waals surface area contributed by atoms with Crippen molar-refractivity contribution >= 4 is 86.4 Å². The van der Waals surface area contributed by atoms with Gasteiger partial charge in [0.15, 0.2) is 35.1 Å². The minimum Gasteiger partial charge on any atom is -0.386 e. The van der Waals surface area contributed by atoms with E-state index in [0.29, 0.717) is 23.3 Å². The number of nitrogen functional groups attached to an aromatic ring is 2. The second-order valence-electron chi connectivity index (χ2n) is 10.4. The Morgan fingerprint density at radius 1 is 0.933 bits per heavy atom. The molecule has 3 fully saturated rings. The fourth-order valence-corrected chi connectivity index (χ4v) is 8.70. The quantitative estimate of drug-likeness (QED) is 0.117. The Morgan fingerprint density at radius 2 is 1.60 bits per heavy atom. The largest absolute Gasteiger partial charge is 0.386 e. The number of nitrogens with two attached hydrogens (primary N) is 2. The van der Waals surface area contributed by atoms with Crippen LogP contribution in [0.4, 0.5) is 11.8 Å². The summed E-state index contributed by atoms with van der Waals surface area (Å²) >= 11 is 13.7. The summed E-state index contributed by atoms with van der Waals surface area (Å²) in [5.74, 6) is 0.411. The Labute approximate surface area is 272 Å². The number of rotatable bonds is 4. The number of thiol groups is 3. The Morgan fingerprint density at radius 3 is 2.36 bits per heavy atom. The lowest BCUT2D eigenvalue weighted by atomic mass is 9.95. The highest BCUT2D eigenvalue weighted by Gasteiger charge is 2.51. The molecule has 18 nitrogen and oxygen atoms in total. The van der Waals surface area contributed by atoms with E-state index < -0.39 is 63.7 Å². The van der Waals surface area contributed by atoms with Crippen LogP contribution in [-0.2, 0) is 27.6 Å². The van der Waals surface area contributed by atoms with E-state index in [0.717, 1.165) is 0 Å². The minimum absolute atomic E-state index is 0.0610. The van der Waals surface area contributed by atoms with Crippen LogP contribution in [0.15, 0.2) is 23.8 Å². The van der Waals surface area contributed by atoms with E-state index in [4.69, 9.17) is 39.0 Å². The highest BCUT2D eigenvalue weighted by Crippen LogP contribution is 2.54. The molecule has 3 saturated heterocycles. The smallest absolute Gasteiger partial charge is 0.280 e. The van der Waals surface area contributed by atoms with Gasteiger partial charge in [-0.3, -0.25) is 18.9 Å². The lowest BCUT2D eigenvalue weighted by molar-refractivity contribution is -0.0533. The van der Waals surface area contributed by atoms with E-state index >= 15 is 0 Å². The molecule has 6 N–H and O–H groups in total. The van der Waals surface area contributed by atoms with Crippen LogP contribution in [0.2, 0.25) is 0 Å². The average molecular weight is 719 g/mol. The highest BCUT2D eigenvalue weighted by molar-refractivity contribution is 8.42. The number of aliphatic hydroxyl groups is 1. The molecular weight excluding hydrogens is 690 g/mol. The molecular formula is C22H28N10O8P2S3. The summed E-state index contributed by atoms with van der Waals surface area (Å²) in [6.45, 7) is 0.00672. The van der Waals surface area contributed by atoms with E-state index in [1.165, 1.54) is 19.0 Å². The average Bonchev–Trinajstić information content (AvgIpc) is 3.77. The van der Waals surface area contributed by atoms with Crippen LogP contribution < -0.4 is 17.0 Å². The van der Waals surface area contributed by atoms with Gasteiger partial charge in [-0.05, 0) is 12.2 Å². The van der Waals surface area contributed by atoms with Gasteiger partial charge < -0.3 is 44.1 Å². The molecule has 0 amide bonds. The Bertz CT molecular complexity index is 1750. The number of nitrogens with one attached hydrogen (secondary N) is 1. The standard InChI is InChI=1S/C22H28N10O8P2S3/c23-16-11-17(26-5-25-16)31(6-27-11)20-13(33)15-10(38-20)4-36-41(44)39-14-8(1-2-43)9(3-35-42(45)40-15)37-21(14)32-7-28-12-18(32)29-22(24)30-19(12)34/h5-10,13-15,20-21,33,43-45H,1-4H2,(H2,23,25,26)(H3,24,29,30,34). The van der Waals surface area contributed by atoms with Crippen LogP contribution in [-0.4, -0.2) is 93.6 Å². The normalized spacial score (nSPS) is 34.4. The summed E-state index contributed by atoms with van der Waals surface area (Å²) in [7, 11) is -3.67. The molecule has 4 aromatic heterocycles. The van der Waals surface area contributed by atoms with Gasteiger partial charge in [-0.15, -0.1) is 0 Å². The SMILES string of the molecule is Nc1nc2c(ncn2C2OC3COP(S)OC4C(COP(S)OC2C3CCS)OC(n2cnc3c(N)ncnc32)C4O)c(=O)[nH]1.